The van der Waals surface area contributed by atoms with Crippen molar-refractivity contribution in [3.05, 3.63) is 94.8 Å². The fourth-order valence-electron chi connectivity index (χ4n) is 3.40. The molecule has 1 atom stereocenters. The van der Waals surface area contributed by atoms with E-state index < -0.39 is 17.2 Å². The van der Waals surface area contributed by atoms with Gasteiger partial charge in [-0.15, -0.1) is 0 Å². The highest BCUT2D eigenvalue weighted by atomic mass is 32.2. The number of rotatable bonds is 7. The first-order valence-corrected chi connectivity index (χ1v) is 11.8. The number of fused-ring (bicyclic) bond motifs is 1. The molecule has 3 aromatic carbocycles. The molecule has 0 aliphatic heterocycles. The van der Waals surface area contributed by atoms with Crippen molar-refractivity contribution < 1.29 is 14.3 Å². The topological polar surface area (TPSA) is 102 Å². The number of aromatic nitrogens is 2. The van der Waals surface area contributed by atoms with Crippen LogP contribution in [0.3, 0.4) is 0 Å². The van der Waals surface area contributed by atoms with E-state index >= 15 is 0 Å². The highest BCUT2D eigenvalue weighted by Gasteiger charge is 2.21. The number of hydrogen-bond acceptors (Lipinski definition) is 6. The second kappa shape index (κ2) is 10.9. The predicted molar refractivity (Wildman–Crippen MR) is 137 cm³/mol. The zero-order valence-electron chi connectivity index (χ0n) is 19.2. The van der Waals surface area contributed by atoms with Crippen molar-refractivity contribution in [3.63, 3.8) is 0 Å². The summed E-state index contributed by atoms with van der Waals surface area (Å²) in [5.74, 6) is 0.216. The number of carbonyl (C=O) groups excluding carboxylic acids is 2. The molecule has 4 rings (SSSR count). The number of imide groups is 1. The van der Waals surface area contributed by atoms with Gasteiger partial charge in [-0.25, -0.2) is 9.78 Å². The summed E-state index contributed by atoms with van der Waals surface area (Å²) in [7, 11) is 1.59. The molecule has 0 saturated carbocycles. The highest BCUT2D eigenvalue weighted by Crippen LogP contribution is 2.24. The lowest BCUT2D eigenvalue weighted by molar-refractivity contribution is -0.119. The molecule has 1 heterocycles. The Hall–Kier alpha value is -4.11. The Kier molecular flexibility index (Phi) is 7.47. The van der Waals surface area contributed by atoms with Crippen molar-refractivity contribution in [2.75, 3.05) is 12.4 Å². The fourth-order valence-corrected chi connectivity index (χ4v) is 4.31. The molecule has 35 heavy (non-hydrogen) atoms. The van der Waals surface area contributed by atoms with Gasteiger partial charge >= 0.3 is 6.03 Å². The van der Waals surface area contributed by atoms with Gasteiger partial charge in [0.2, 0.25) is 5.91 Å². The number of methoxy groups -OCH3 is 1. The second-order valence-corrected chi connectivity index (χ2v) is 9.03. The molecule has 0 fully saturated rings. The average molecular weight is 489 g/mol. The third kappa shape index (κ3) is 5.88. The maximum Gasteiger partial charge on any atom is 0.325 e. The number of ether oxygens (including phenoxy) is 1. The maximum absolute atomic E-state index is 13.3. The molecule has 0 spiro atoms. The Morgan fingerprint density at radius 2 is 1.69 bits per heavy atom. The molecule has 1 aromatic heterocycles. The molecular weight excluding hydrogens is 464 g/mol. The van der Waals surface area contributed by atoms with E-state index in [1.807, 2.05) is 30.3 Å². The number of benzene rings is 3. The summed E-state index contributed by atoms with van der Waals surface area (Å²) < 4.78 is 6.75. The zero-order chi connectivity index (χ0) is 24.8. The van der Waals surface area contributed by atoms with Gasteiger partial charge in [0.15, 0.2) is 5.16 Å². The van der Waals surface area contributed by atoms with E-state index in [2.05, 4.69) is 15.6 Å². The lowest BCUT2D eigenvalue weighted by Crippen LogP contribution is -2.39. The van der Waals surface area contributed by atoms with Gasteiger partial charge in [0.05, 0.1) is 29.8 Å². The van der Waals surface area contributed by atoms with Gasteiger partial charge in [-0.2, -0.15) is 0 Å². The van der Waals surface area contributed by atoms with Gasteiger partial charge in [-0.1, -0.05) is 54.2 Å². The summed E-state index contributed by atoms with van der Waals surface area (Å²) in [5, 5.41) is 5.15. The number of urea groups is 1. The molecule has 0 bridgehead atoms. The number of carbonyl (C=O) groups is 2. The molecule has 9 heteroatoms. The number of thioether (sulfide) groups is 1. The molecule has 3 amide bonds. The number of amides is 3. The third-order valence-electron chi connectivity index (χ3n) is 5.25. The van der Waals surface area contributed by atoms with Crippen LogP contribution in [-0.2, 0) is 11.3 Å². The molecule has 8 nitrogen and oxygen atoms in total. The minimum absolute atomic E-state index is 0.205. The number of nitrogens with zero attached hydrogens (tertiary/aromatic N) is 2. The van der Waals surface area contributed by atoms with Crippen LogP contribution >= 0.6 is 11.8 Å². The minimum Gasteiger partial charge on any atom is -0.497 e. The van der Waals surface area contributed by atoms with Crippen molar-refractivity contribution in [1.82, 2.24) is 14.9 Å². The first kappa shape index (κ1) is 24.0. The number of anilines is 1. The first-order chi connectivity index (χ1) is 16.9. The zero-order valence-corrected chi connectivity index (χ0v) is 20.0. The Bertz CT molecular complexity index is 1400. The van der Waals surface area contributed by atoms with Crippen LogP contribution in [0.15, 0.2) is 88.8 Å². The van der Waals surface area contributed by atoms with Crippen molar-refractivity contribution in [1.29, 1.82) is 0 Å². The van der Waals surface area contributed by atoms with E-state index in [-0.39, 0.29) is 12.1 Å². The molecule has 0 saturated heterocycles. The van der Waals surface area contributed by atoms with E-state index in [0.717, 1.165) is 17.3 Å². The number of nitrogens with one attached hydrogen (secondary N) is 2. The molecule has 0 aliphatic rings. The normalized spacial score (nSPS) is 11.6. The van der Waals surface area contributed by atoms with Gasteiger partial charge in [0.1, 0.15) is 5.75 Å². The summed E-state index contributed by atoms with van der Waals surface area (Å²) in [4.78, 5) is 42.9. The van der Waals surface area contributed by atoms with Crippen molar-refractivity contribution >= 4 is 40.3 Å². The summed E-state index contributed by atoms with van der Waals surface area (Å²) in [5.41, 5.74) is 1.79. The monoisotopic (exact) mass is 488 g/mol. The molecule has 0 aliphatic carbocycles. The van der Waals surface area contributed by atoms with Gasteiger partial charge in [-0.3, -0.25) is 19.5 Å². The van der Waals surface area contributed by atoms with Crippen LogP contribution in [0.1, 0.15) is 12.5 Å². The summed E-state index contributed by atoms with van der Waals surface area (Å²) in [6, 6.07) is 22.7. The number of hydrogen-bond donors (Lipinski definition) is 2. The molecular formula is C26H24N4O4S. The second-order valence-electron chi connectivity index (χ2n) is 7.72. The van der Waals surface area contributed by atoms with Gasteiger partial charge in [0.25, 0.3) is 5.56 Å². The molecule has 2 N–H and O–H groups in total. The molecule has 178 valence electrons. The Balaban J connectivity index is 1.56. The predicted octanol–water partition coefficient (Wildman–Crippen LogP) is 4.28. The first-order valence-electron chi connectivity index (χ1n) is 10.9. The SMILES string of the molecule is COc1ccc(Cn2c(SC(C)C(=O)NC(=O)Nc3ccccc3)nc3ccccc3c2=O)cc1. The van der Waals surface area contributed by atoms with Crippen molar-refractivity contribution in [2.45, 2.75) is 23.9 Å². The van der Waals surface area contributed by atoms with Crippen LogP contribution in [0.5, 0.6) is 5.75 Å². The Morgan fingerprint density at radius 3 is 2.40 bits per heavy atom. The van der Waals surface area contributed by atoms with E-state index in [1.54, 1.807) is 67.1 Å². The molecule has 1 unspecified atom stereocenters. The Morgan fingerprint density at radius 1 is 1.00 bits per heavy atom. The average Bonchev–Trinajstić information content (AvgIpc) is 2.87. The fraction of sp³-hybridized carbons (Fsp3) is 0.154. The molecule has 4 aromatic rings. The van der Waals surface area contributed by atoms with Gasteiger partial charge < -0.3 is 10.1 Å². The minimum atomic E-state index is -0.688. The van der Waals surface area contributed by atoms with Gasteiger partial charge in [-0.05, 0) is 48.9 Å². The van der Waals surface area contributed by atoms with E-state index in [1.165, 1.54) is 0 Å². The quantitative estimate of drug-likeness (QED) is 0.297. The van der Waals surface area contributed by atoms with E-state index in [4.69, 9.17) is 4.74 Å². The van der Waals surface area contributed by atoms with Crippen LogP contribution < -0.4 is 20.9 Å². The van der Waals surface area contributed by atoms with Crippen molar-refractivity contribution in [3.8, 4) is 5.75 Å². The number of para-hydroxylation sites is 2. The Labute approximate surface area is 206 Å². The van der Waals surface area contributed by atoms with Gasteiger partial charge in [0, 0.05) is 5.69 Å². The van der Waals surface area contributed by atoms with E-state index in [9.17, 15) is 14.4 Å². The maximum atomic E-state index is 13.3. The lowest BCUT2D eigenvalue weighted by Gasteiger charge is -2.16. The van der Waals surface area contributed by atoms with Crippen LogP contribution in [0.4, 0.5) is 10.5 Å². The van der Waals surface area contributed by atoms with Crippen molar-refractivity contribution in [2.24, 2.45) is 0 Å². The summed E-state index contributed by atoms with van der Waals surface area (Å²) in [6.07, 6.45) is 0. The van der Waals surface area contributed by atoms with Crippen LogP contribution in [-0.4, -0.2) is 33.8 Å². The third-order valence-corrected chi connectivity index (χ3v) is 6.34. The molecule has 0 radical (unpaired) electrons. The summed E-state index contributed by atoms with van der Waals surface area (Å²) in [6.45, 7) is 1.93. The van der Waals surface area contributed by atoms with E-state index in [0.29, 0.717) is 27.5 Å². The lowest BCUT2D eigenvalue weighted by atomic mass is 10.2. The largest absolute Gasteiger partial charge is 0.497 e. The van der Waals surface area contributed by atoms with Crippen LogP contribution in [0, 0.1) is 0 Å². The van der Waals surface area contributed by atoms with Crippen LogP contribution in [0.2, 0.25) is 0 Å². The standard InChI is InChI=1S/C26H24N4O4S/c1-17(23(31)29-25(33)27-19-8-4-3-5-9-19)35-26-28-22-11-7-6-10-21(22)24(32)30(26)16-18-12-14-20(34-2)15-13-18/h3-15,17H,16H2,1-2H3,(H2,27,29,31,33). The van der Waals surface area contributed by atoms with Crippen LogP contribution in [0.25, 0.3) is 10.9 Å². The summed E-state index contributed by atoms with van der Waals surface area (Å²) >= 11 is 1.12. The highest BCUT2D eigenvalue weighted by molar-refractivity contribution is 8.00. The smallest absolute Gasteiger partial charge is 0.325 e.